The molecule has 0 atom stereocenters. The van der Waals surface area contributed by atoms with E-state index in [1.807, 2.05) is 20.8 Å². The first-order valence-corrected chi connectivity index (χ1v) is 2.67. The van der Waals surface area contributed by atoms with Crippen LogP contribution in [-0.4, -0.2) is 7.05 Å². The average Bonchev–Trinajstić information content (AvgIpc) is 1.67. The van der Waals surface area contributed by atoms with Crippen LogP contribution < -0.4 is 0 Å². The van der Waals surface area contributed by atoms with Crippen molar-refractivity contribution in [1.82, 2.24) is 0 Å². The maximum atomic E-state index is 6.60. The molecule has 0 aromatic rings. The Morgan fingerprint density at radius 2 is 1.40 bits per heavy atom. The van der Waals surface area contributed by atoms with Gasteiger partial charge in [-0.15, -0.1) is 0 Å². The van der Waals surface area contributed by atoms with Crippen molar-refractivity contribution in [2.75, 3.05) is 7.05 Å². The van der Waals surface area contributed by atoms with E-state index < -0.39 is 0 Å². The van der Waals surface area contributed by atoms with Crippen LogP contribution in [-0.2, 0) is 22.4 Å². The first-order chi connectivity index (χ1) is 3.97. The minimum absolute atomic E-state index is 0. The Bertz CT molecular complexity index is 131. The normalized spacial score (nSPS) is 7.00. The predicted octanol–water partition coefficient (Wildman–Crippen LogP) is 2.16. The van der Waals surface area contributed by atoms with Gasteiger partial charge in [0, 0.05) is 0 Å². The van der Waals surface area contributed by atoms with Gasteiger partial charge in [0.05, 0.1) is 0 Å². The molecule has 0 amide bonds. The van der Waals surface area contributed by atoms with Gasteiger partial charge in [-0.1, -0.05) is 20.8 Å². The molecule has 0 N–H and O–H groups in total. The summed E-state index contributed by atoms with van der Waals surface area (Å²) in [6.07, 6.45) is 6.60. The summed E-state index contributed by atoms with van der Waals surface area (Å²) in [7, 11) is 1.42. The molecule has 0 spiro atoms. The van der Waals surface area contributed by atoms with Gasteiger partial charge in [0.1, 0.15) is 0 Å². The third-order valence-electron chi connectivity index (χ3n) is 0.375. The van der Waals surface area contributed by atoms with Crippen LogP contribution in [0.1, 0.15) is 20.8 Å². The average molecular weight is 319 g/mol. The smallest absolute Gasteiger partial charge is 0.693 e. The van der Waals surface area contributed by atoms with Crippen LogP contribution in [0.4, 0.5) is 0 Å². The van der Waals surface area contributed by atoms with E-state index >= 15 is 0 Å². The zero-order chi connectivity index (χ0) is 7.91. The molecule has 0 heterocycles. The topological polar surface area (TPSA) is 4.36 Å². The summed E-state index contributed by atoms with van der Waals surface area (Å²) in [6, 6.07) is 0. The standard InChI is InChI=1S/C6H9.C2H3N.Au/c1-5-6(2,3)4;1-3-2;/h2-4H3;1H3;/q-1;;+1. The zero-order valence-electron chi connectivity index (χ0n) is 6.75. The van der Waals surface area contributed by atoms with Gasteiger partial charge in [-0.3, -0.25) is 0 Å². The van der Waals surface area contributed by atoms with E-state index in [0.29, 0.717) is 0 Å². The minimum Gasteiger partial charge on any atom is -0.693 e. The number of hydrogen-bond acceptors (Lipinski definition) is 0. The summed E-state index contributed by atoms with van der Waals surface area (Å²) in [5.74, 6) is 2.35. The molecule has 0 aliphatic heterocycles. The molecule has 0 saturated carbocycles. The number of nitrogens with zero attached hydrogens (tertiary/aromatic N) is 1. The predicted molar refractivity (Wildman–Crippen MR) is 39.1 cm³/mol. The van der Waals surface area contributed by atoms with Crippen LogP contribution in [0.2, 0.25) is 0 Å². The van der Waals surface area contributed by atoms with Gasteiger partial charge in [0.2, 0.25) is 7.05 Å². The molecule has 2 heteroatoms. The van der Waals surface area contributed by atoms with Gasteiger partial charge < -0.3 is 17.2 Å². The molecule has 0 unspecified atom stereocenters. The van der Waals surface area contributed by atoms with Crippen LogP contribution in [0.15, 0.2) is 0 Å². The molecule has 0 radical (unpaired) electrons. The zero-order valence-corrected chi connectivity index (χ0v) is 8.92. The molecule has 0 aromatic carbocycles. The fraction of sp³-hybridized carbons (Fsp3) is 0.625. The van der Waals surface area contributed by atoms with Crippen molar-refractivity contribution >= 4 is 0 Å². The van der Waals surface area contributed by atoms with Gasteiger partial charge in [-0.05, 0) is 5.41 Å². The second kappa shape index (κ2) is 8.79. The van der Waals surface area contributed by atoms with Crippen LogP contribution in [0.25, 0.3) is 4.85 Å². The van der Waals surface area contributed by atoms with E-state index in [4.69, 9.17) is 13.0 Å². The van der Waals surface area contributed by atoms with Crippen molar-refractivity contribution in [2.24, 2.45) is 5.41 Å². The summed E-state index contributed by atoms with van der Waals surface area (Å²) >= 11 is 0. The molecule has 0 saturated heterocycles. The van der Waals surface area contributed by atoms with E-state index in [0.717, 1.165) is 0 Å². The van der Waals surface area contributed by atoms with Gasteiger partial charge in [0.25, 0.3) is 0 Å². The monoisotopic (exact) mass is 319 g/mol. The summed E-state index contributed by atoms with van der Waals surface area (Å²) in [5.41, 5.74) is -0.0417. The van der Waals surface area contributed by atoms with Crippen molar-refractivity contribution in [3.8, 4) is 5.92 Å². The summed E-state index contributed by atoms with van der Waals surface area (Å²) < 4.78 is 0. The SMILES string of the molecule is [Au+].[C-]#CC(C)(C)C.[C-]#[N+]C. The Morgan fingerprint density at radius 1 is 1.30 bits per heavy atom. The Kier molecular flexibility index (Phi) is 14.4. The molecule has 60 valence electrons. The van der Waals surface area contributed by atoms with E-state index in [1.165, 1.54) is 7.05 Å². The molecule has 0 bridgehead atoms. The molecular formula is C8H12AuN. The quantitative estimate of drug-likeness (QED) is 0.366. The third kappa shape index (κ3) is 46.1. The van der Waals surface area contributed by atoms with Crippen molar-refractivity contribution in [3.05, 3.63) is 17.8 Å². The molecule has 0 aliphatic rings. The molecule has 0 fully saturated rings. The first-order valence-electron chi connectivity index (χ1n) is 2.67. The number of rotatable bonds is 0. The van der Waals surface area contributed by atoms with Crippen molar-refractivity contribution in [1.29, 1.82) is 0 Å². The minimum atomic E-state index is -0.0417. The van der Waals surface area contributed by atoms with Gasteiger partial charge in [-0.2, -0.15) is 0 Å². The van der Waals surface area contributed by atoms with E-state index in [2.05, 4.69) is 10.8 Å². The Hall–Kier alpha value is -0.210. The van der Waals surface area contributed by atoms with Crippen molar-refractivity contribution < 1.29 is 22.4 Å². The van der Waals surface area contributed by atoms with Crippen molar-refractivity contribution in [3.63, 3.8) is 0 Å². The van der Waals surface area contributed by atoms with Crippen LogP contribution in [0.3, 0.4) is 0 Å². The second-order valence-corrected chi connectivity index (χ2v) is 2.60. The number of hydrogen-bond donors (Lipinski definition) is 0. The largest absolute Gasteiger partial charge is 1.00 e. The maximum absolute atomic E-state index is 6.60. The van der Waals surface area contributed by atoms with Crippen LogP contribution in [0, 0.1) is 24.3 Å². The molecule has 0 aliphatic carbocycles. The molecule has 1 nitrogen and oxygen atoms in total. The van der Waals surface area contributed by atoms with E-state index in [1.54, 1.807) is 0 Å². The fourth-order valence-corrected chi connectivity index (χ4v) is 0. The second-order valence-electron chi connectivity index (χ2n) is 2.60. The molecule has 0 rings (SSSR count). The summed E-state index contributed by atoms with van der Waals surface area (Å²) in [4.78, 5) is 2.75. The van der Waals surface area contributed by atoms with Crippen LogP contribution >= 0.6 is 0 Å². The summed E-state index contributed by atoms with van der Waals surface area (Å²) in [5, 5.41) is 0. The molecular weight excluding hydrogens is 307 g/mol. The van der Waals surface area contributed by atoms with Gasteiger partial charge >= 0.3 is 22.4 Å². The third-order valence-corrected chi connectivity index (χ3v) is 0.375. The first kappa shape index (κ1) is 16.4. The fourth-order valence-electron chi connectivity index (χ4n) is 0. The molecule has 10 heavy (non-hydrogen) atoms. The Morgan fingerprint density at radius 3 is 1.40 bits per heavy atom. The Labute approximate surface area is 79.5 Å². The van der Waals surface area contributed by atoms with Gasteiger partial charge in [-0.25, -0.2) is 6.57 Å². The molecule has 0 aromatic heterocycles. The Balaban J connectivity index is -0.000000107. The van der Waals surface area contributed by atoms with Crippen molar-refractivity contribution in [2.45, 2.75) is 20.8 Å². The maximum Gasteiger partial charge on any atom is 1.00 e. The van der Waals surface area contributed by atoms with Gasteiger partial charge in [0.15, 0.2) is 0 Å². The van der Waals surface area contributed by atoms with Crippen LogP contribution in [0.5, 0.6) is 0 Å². The summed E-state index contributed by atoms with van der Waals surface area (Å²) in [6.45, 7) is 11.7. The van der Waals surface area contributed by atoms with E-state index in [-0.39, 0.29) is 27.8 Å². The van der Waals surface area contributed by atoms with E-state index in [9.17, 15) is 0 Å².